The fourth-order valence-corrected chi connectivity index (χ4v) is 4.28. The summed E-state index contributed by atoms with van der Waals surface area (Å²) in [4.78, 5) is 26.5. The van der Waals surface area contributed by atoms with Gasteiger partial charge in [0.2, 0.25) is 5.95 Å². The number of aryl methyl sites for hydroxylation is 1. The molecule has 1 amide bonds. The zero-order chi connectivity index (χ0) is 20.1. The highest BCUT2D eigenvalue weighted by molar-refractivity contribution is 5.92. The van der Waals surface area contributed by atoms with Crippen LogP contribution in [0.4, 0.5) is 5.95 Å². The molecule has 2 aromatic rings. The molecule has 2 aliphatic rings. The van der Waals surface area contributed by atoms with Crippen molar-refractivity contribution in [2.75, 3.05) is 31.5 Å². The second-order valence-electron chi connectivity index (χ2n) is 8.25. The van der Waals surface area contributed by atoms with E-state index in [9.17, 15) is 4.79 Å². The fourth-order valence-electron chi connectivity index (χ4n) is 4.28. The van der Waals surface area contributed by atoms with Gasteiger partial charge in [0.15, 0.2) is 0 Å². The Hall–Kier alpha value is -2.47. The maximum absolute atomic E-state index is 13.1. The van der Waals surface area contributed by atoms with Gasteiger partial charge in [-0.25, -0.2) is 9.97 Å². The first kappa shape index (κ1) is 19.8. The van der Waals surface area contributed by atoms with Crippen molar-refractivity contribution in [1.82, 2.24) is 19.8 Å². The Morgan fingerprint density at radius 3 is 2.48 bits per heavy atom. The second-order valence-corrected chi connectivity index (χ2v) is 8.25. The molecule has 2 fully saturated rings. The zero-order valence-electron chi connectivity index (χ0n) is 17.3. The van der Waals surface area contributed by atoms with Gasteiger partial charge in [0.05, 0.1) is 0 Å². The molecule has 1 N–H and O–H groups in total. The number of piperazine rings is 1. The monoisotopic (exact) mass is 393 g/mol. The standard InChI is InChI=1S/C23H31N5O/c1-18-16-21(26-23(24-18)25-20-10-6-3-7-11-20)22(29)28-14-12-27(13-15-28)17-19-8-4-2-5-9-19/h2,4-5,8-9,16,20H,3,6-7,10-15,17H2,1H3,(H,24,25,26). The summed E-state index contributed by atoms with van der Waals surface area (Å²) < 4.78 is 0. The molecule has 0 bridgehead atoms. The topological polar surface area (TPSA) is 61.4 Å². The van der Waals surface area contributed by atoms with E-state index in [-0.39, 0.29) is 5.91 Å². The van der Waals surface area contributed by atoms with E-state index in [0.717, 1.165) is 51.3 Å². The van der Waals surface area contributed by atoms with Gasteiger partial charge < -0.3 is 10.2 Å². The molecule has 6 heteroatoms. The highest BCUT2D eigenvalue weighted by Gasteiger charge is 2.24. The van der Waals surface area contributed by atoms with E-state index in [1.54, 1.807) is 0 Å². The van der Waals surface area contributed by atoms with Crippen LogP contribution < -0.4 is 5.32 Å². The molecule has 29 heavy (non-hydrogen) atoms. The van der Waals surface area contributed by atoms with Crippen LogP contribution in [-0.2, 0) is 6.54 Å². The number of benzene rings is 1. The predicted octanol–water partition coefficient (Wildman–Crippen LogP) is 3.49. The largest absolute Gasteiger partial charge is 0.351 e. The van der Waals surface area contributed by atoms with Crippen molar-refractivity contribution >= 4 is 11.9 Å². The van der Waals surface area contributed by atoms with Crippen molar-refractivity contribution in [1.29, 1.82) is 0 Å². The molecule has 154 valence electrons. The minimum absolute atomic E-state index is 0.0153. The SMILES string of the molecule is Cc1cc(C(=O)N2CCN(Cc3ccccc3)CC2)nc(NC2CCCCC2)n1. The third kappa shape index (κ3) is 5.32. The van der Waals surface area contributed by atoms with Gasteiger partial charge in [-0.3, -0.25) is 9.69 Å². The molecule has 0 radical (unpaired) electrons. The molecule has 1 aliphatic heterocycles. The average Bonchev–Trinajstić information content (AvgIpc) is 2.75. The molecule has 1 aromatic heterocycles. The average molecular weight is 394 g/mol. The quantitative estimate of drug-likeness (QED) is 0.843. The Kier molecular flexibility index (Phi) is 6.39. The first-order chi connectivity index (χ1) is 14.2. The van der Waals surface area contributed by atoms with E-state index in [1.165, 1.54) is 24.8 Å². The number of nitrogens with zero attached hydrogens (tertiary/aromatic N) is 4. The molecule has 0 unspecified atom stereocenters. The molecule has 1 aromatic carbocycles. The molecule has 0 spiro atoms. The van der Waals surface area contributed by atoms with Crippen LogP contribution in [-0.4, -0.2) is 57.9 Å². The van der Waals surface area contributed by atoms with Crippen molar-refractivity contribution < 1.29 is 4.79 Å². The number of hydrogen-bond acceptors (Lipinski definition) is 5. The van der Waals surface area contributed by atoms with Crippen LogP contribution in [0.5, 0.6) is 0 Å². The van der Waals surface area contributed by atoms with Crippen LogP contribution in [0.1, 0.15) is 53.8 Å². The van der Waals surface area contributed by atoms with Gasteiger partial charge in [-0.2, -0.15) is 0 Å². The first-order valence-electron chi connectivity index (χ1n) is 10.9. The number of anilines is 1. The van der Waals surface area contributed by atoms with Gasteiger partial charge >= 0.3 is 0 Å². The van der Waals surface area contributed by atoms with Crippen LogP contribution in [0, 0.1) is 6.92 Å². The van der Waals surface area contributed by atoms with E-state index >= 15 is 0 Å². The van der Waals surface area contributed by atoms with Crippen LogP contribution in [0.3, 0.4) is 0 Å². The summed E-state index contributed by atoms with van der Waals surface area (Å²) in [5.74, 6) is 0.615. The number of amides is 1. The van der Waals surface area contributed by atoms with Crippen molar-refractivity contribution in [3.63, 3.8) is 0 Å². The summed E-state index contributed by atoms with van der Waals surface area (Å²) >= 11 is 0. The lowest BCUT2D eigenvalue weighted by Gasteiger charge is -2.34. The maximum atomic E-state index is 13.1. The van der Waals surface area contributed by atoms with E-state index in [2.05, 4.69) is 44.5 Å². The Morgan fingerprint density at radius 1 is 1.03 bits per heavy atom. The smallest absolute Gasteiger partial charge is 0.272 e. The lowest BCUT2D eigenvalue weighted by Crippen LogP contribution is -2.48. The third-order valence-electron chi connectivity index (χ3n) is 5.92. The molecule has 0 atom stereocenters. The molecule has 4 rings (SSSR count). The second kappa shape index (κ2) is 9.35. The number of rotatable bonds is 5. The zero-order valence-corrected chi connectivity index (χ0v) is 17.3. The van der Waals surface area contributed by atoms with Crippen LogP contribution in [0.25, 0.3) is 0 Å². The third-order valence-corrected chi connectivity index (χ3v) is 5.92. The number of carbonyl (C=O) groups is 1. The Labute approximate surface area is 173 Å². The lowest BCUT2D eigenvalue weighted by molar-refractivity contribution is 0.0622. The summed E-state index contributed by atoms with van der Waals surface area (Å²) in [5, 5.41) is 3.45. The summed E-state index contributed by atoms with van der Waals surface area (Å²) in [7, 11) is 0. The van der Waals surface area contributed by atoms with E-state index < -0.39 is 0 Å². The van der Waals surface area contributed by atoms with E-state index in [1.807, 2.05) is 24.0 Å². The molecule has 1 saturated heterocycles. The highest BCUT2D eigenvalue weighted by atomic mass is 16.2. The predicted molar refractivity (Wildman–Crippen MR) is 115 cm³/mol. The van der Waals surface area contributed by atoms with E-state index in [0.29, 0.717) is 17.7 Å². The van der Waals surface area contributed by atoms with Gasteiger partial charge in [-0.15, -0.1) is 0 Å². The maximum Gasteiger partial charge on any atom is 0.272 e. The van der Waals surface area contributed by atoms with Crippen LogP contribution in [0.15, 0.2) is 36.4 Å². The minimum Gasteiger partial charge on any atom is -0.351 e. The normalized spacial score (nSPS) is 18.6. The Balaban J connectivity index is 1.35. The Bertz CT molecular complexity index is 811. The summed E-state index contributed by atoms with van der Waals surface area (Å²) in [6.45, 7) is 6.11. The van der Waals surface area contributed by atoms with Crippen molar-refractivity contribution in [3.8, 4) is 0 Å². The molecular formula is C23H31N5O. The van der Waals surface area contributed by atoms with Crippen LogP contribution in [0.2, 0.25) is 0 Å². The van der Waals surface area contributed by atoms with Gasteiger partial charge in [-0.1, -0.05) is 49.6 Å². The summed E-state index contributed by atoms with van der Waals surface area (Å²) in [6.07, 6.45) is 6.13. The van der Waals surface area contributed by atoms with Gasteiger partial charge in [0.25, 0.3) is 5.91 Å². The highest BCUT2D eigenvalue weighted by Crippen LogP contribution is 2.21. The molecular weight excluding hydrogens is 362 g/mol. The Morgan fingerprint density at radius 2 is 1.76 bits per heavy atom. The fraction of sp³-hybridized carbons (Fsp3) is 0.522. The number of nitrogens with one attached hydrogen (secondary N) is 1. The van der Waals surface area contributed by atoms with Crippen molar-refractivity contribution in [2.45, 2.75) is 51.6 Å². The molecule has 6 nitrogen and oxygen atoms in total. The van der Waals surface area contributed by atoms with Crippen molar-refractivity contribution in [3.05, 3.63) is 53.3 Å². The first-order valence-corrected chi connectivity index (χ1v) is 10.9. The van der Waals surface area contributed by atoms with Crippen molar-refractivity contribution in [2.24, 2.45) is 0 Å². The molecule has 2 heterocycles. The van der Waals surface area contributed by atoms with Gasteiger partial charge in [0, 0.05) is 44.5 Å². The minimum atomic E-state index is 0.0153. The molecule has 1 aliphatic carbocycles. The van der Waals surface area contributed by atoms with Gasteiger partial charge in [-0.05, 0) is 31.4 Å². The number of carbonyl (C=O) groups excluding carboxylic acids is 1. The summed E-state index contributed by atoms with van der Waals surface area (Å²) in [5.41, 5.74) is 2.66. The summed E-state index contributed by atoms with van der Waals surface area (Å²) in [6, 6.07) is 12.7. The van der Waals surface area contributed by atoms with Crippen LogP contribution >= 0.6 is 0 Å². The lowest BCUT2D eigenvalue weighted by atomic mass is 9.96. The van der Waals surface area contributed by atoms with E-state index in [4.69, 9.17) is 0 Å². The number of aromatic nitrogens is 2. The van der Waals surface area contributed by atoms with Gasteiger partial charge in [0.1, 0.15) is 5.69 Å². The number of hydrogen-bond donors (Lipinski definition) is 1. The molecule has 1 saturated carbocycles.